The molecule has 16 heavy (non-hydrogen) atoms. The molecule has 5 nitrogen and oxygen atoms in total. The van der Waals surface area contributed by atoms with Crippen LogP contribution >= 0.6 is 11.6 Å². The Bertz CT molecular complexity index is 494. The van der Waals surface area contributed by atoms with Crippen LogP contribution in [0.25, 0.3) is 0 Å². The first-order chi connectivity index (χ1) is 7.65. The maximum Gasteiger partial charge on any atom is 0.145 e. The van der Waals surface area contributed by atoms with Crippen molar-refractivity contribution in [3.8, 4) is 0 Å². The van der Waals surface area contributed by atoms with Gasteiger partial charge in [-0.2, -0.15) is 5.10 Å². The highest BCUT2D eigenvalue weighted by molar-refractivity contribution is 6.33. The lowest BCUT2D eigenvalue weighted by Crippen LogP contribution is -2.01. The van der Waals surface area contributed by atoms with E-state index in [1.54, 1.807) is 23.1 Å². The minimum atomic E-state index is 0.517. The highest BCUT2D eigenvalue weighted by Crippen LogP contribution is 2.21. The highest BCUT2D eigenvalue weighted by atomic mass is 35.5. The first-order valence-electron chi connectivity index (χ1n) is 4.77. The van der Waals surface area contributed by atoms with Gasteiger partial charge in [0.25, 0.3) is 0 Å². The van der Waals surface area contributed by atoms with E-state index in [0.29, 0.717) is 23.1 Å². The van der Waals surface area contributed by atoms with E-state index >= 15 is 0 Å². The third kappa shape index (κ3) is 2.43. The summed E-state index contributed by atoms with van der Waals surface area (Å²) in [6, 6.07) is 1.67. The molecule has 0 unspecified atom stereocenters. The van der Waals surface area contributed by atoms with Gasteiger partial charge in [-0.1, -0.05) is 11.6 Å². The van der Waals surface area contributed by atoms with Crippen molar-refractivity contribution >= 4 is 23.1 Å². The second kappa shape index (κ2) is 4.40. The monoisotopic (exact) mass is 237 g/mol. The average molecular weight is 238 g/mol. The van der Waals surface area contributed by atoms with Crippen molar-refractivity contribution in [1.29, 1.82) is 0 Å². The van der Waals surface area contributed by atoms with E-state index in [1.807, 2.05) is 13.2 Å². The van der Waals surface area contributed by atoms with Crippen LogP contribution in [-0.4, -0.2) is 14.8 Å². The molecule has 0 fully saturated rings. The van der Waals surface area contributed by atoms with Gasteiger partial charge in [0, 0.05) is 25.4 Å². The van der Waals surface area contributed by atoms with Gasteiger partial charge in [0.05, 0.1) is 23.1 Å². The molecule has 0 radical (unpaired) electrons. The Hall–Kier alpha value is -1.75. The third-order valence-corrected chi connectivity index (χ3v) is 2.37. The van der Waals surface area contributed by atoms with E-state index in [9.17, 15) is 0 Å². The molecule has 0 amide bonds. The molecule has 2 aromatic heterocycles. The number of halogens is 1. The van der Waals surface area contributed by atoms with Crippen LogP contribution < -0.4 is 11.1 Å². The first kappa shape index (κ1) is 10.8. The Kier molecular flexibility index (Phi) is 2.96. The fourth-order valence-electron chi connectivity index (χ4n) is 1.33. The molecule has 0 atom stereocenters. The average Bonchev–Trinajstić information content (AvgIpc) is 2.63. The number of hydrogen-bond donors (Lipinski definition) is 2. The fourth-order valence-corrected chi connectivity index (χ4v) is 1.57. The minimum Gasteiger partial charge on any atom is -0.397 e. The van der Waals surface area contributed by atoms with Crippen LogP contribution in [0.4, 0.5) is 11.5 Å². The number of nitrogens with zero attached hydrogens (tertiary/aromatic N) is 3. The van der Waals surface area contributed by atoms with Gasteiger partial charge in [0.15, 0.2) is 0 Å². The van der Waals surface area contributed by atoms with E-state index in [0.717, 1.165) is 5.56 Å². The van der Waals surface area contributed by atoms with E-state index in [2.05, 4.69) is 15.4 Å². The summed E-state index contributed by atoms with van der Waals surface area (Å²) >= 11 is 5.98. The topological polar surface area (TPSA) is 68.8 Å². The highest BCUT2D eigenvalue weighted by Gasteiger charge is 2.02. The lowest BCUT2D eigenvalue weighted by atomic mass is 10.3. The molecule has 84 valence electrons. The van der Waals surface area contributed by atoms with Crippen molar-refractivity contribution in [1.82, 2.24) is 14.8 Å². The van der Waals surface area contributed by atoms with Gasteiger partial charge in [-0.15, -0.1) is 0 Å². The molecule has 6 heteroatoms. The summed E-state index contributed by atoms with van der Waals surface area (Å²) in [4.78, 5) is 4.10. The molecule has 0 saturated heterocycles. The van der Waals surface area contributed by atoms with Gasteiger partial charge in [-0.25, -0.2) is 4.98 Å². The van der Waals surface area contributed by atoms with Crippen LogP contribution in [0.2, 0.25) is 5.02 Å². The van der Waals surface area contributed by atoms with Crippen molar-refractivity contribution in [3.63, 3.8) is 0 Å². The fraction of sp³-hybridized carbons (Fsp3) is 0.200. The molecule has 2 aromatic rings. The molecule has 0 saturated carbocycles. The van der Waals surface area contributed by atoms with E-state index in [-0.39, 0.29) is 0 Å². The molecular formula is C10H12ClN5. The van der Waals surface area contributed by atoms with Gasteiger partial charge >= 0.3 is 0 Å². The standard InChI is InChI=1S/C10H12ClN5/c1-16-6-7(4-15-16)3-13-10-9(11)2-8(12)5-14-10/h2,4-6H,3,12H2,1H3,(H,13,14). The Morgan fingerprint density at radius 3 is 2.94 bits per heavy atom. The Balaban J connectivity index is 2.04. The zero-order chi connectivity index (χ0) is 11.5. The summed E-state index contributed by atoms with van der Waals surface area (Å²) < 4.78 is 1.75. The lowest BCUT2D eigenvalue weighted by molar-refractivity contribution is 0.767. The summed E-state index contributed by atoms with van der Waals surface area (Å²) in [7, 11) is 1.87. The van der Waals surface area contributed by atoms with E-state index in [4.69, 9.17) is 17.3 Å². The molecular weight excluding hydrogens is 226 g/mol. The predicted molar refractivity (Wildman–Crippen MR) is 64.2 cm³/mol. The number of pyridine rings is 1. The molecule has 0 aliphatic heterocycles. The van der Waals surface area contributed by atoms with Gasteiger partial charge in [0.1, 0.15) is 5.82 Å². The largest absolute Gasteiger partial charge is 0.397 e. The number of rotatable bonds is 3. The number of aromatic nitrogens is 3. The van der Waals surface area contributed by atoms with Crippen LogP contribution in [-0.2, 0) is 13.6 Å². The van der Waals surface area contributed by atoms with Crippen molar-refractivity contribution in [2.75, 3.05) is 11.1 Å². The molecule has 0 aliphatic rings. The Labute approximate surface area is 98.2 Å². The van der Waals surface area contributed by atoms with Crippen molar-refractivity contribution < 1.29 is 0 Å². The molecule has 2 rings (SSSR count). The zero-order valence-electron chi connectivity index (χ0n) is 8.81. The molecule has 3 N–H and O–H groups in total. The number of nitrogens with one attached hydrogen (secondary N) is 1. The Morgan fingerprint density at radius 2 is 2.31 bits per heavy atom. The van der Waals surface area contributed by atoms with Gasteiger partial charge in [-0.3, -0.25) is 4.68 Å². The van der Waals surface area contributed by atoms with Gasteiger partial charge < -0.3 is 11.1 Å². The zero-order valence-corrected chi connectivity index (χ0v) is 9.57. The second-order valence-corrected chi connectivity index (χ2v) is 3.88. The number of nitrogen functional groups attached to an aromatic ring is 1. The first-order valence-corrected chi connectivity index (χ1v) is 5.15. The third-order valence-electron chi connectivity index (χ3n) is 2.08. The van der Waals surface area contributed by atoms with Crippen LogP contribution in [0.1, 0.15) is 5.56 Å². The van der Waals surface area contributed by atoms with Crippen LogP contribution in [0.3, 0.4) is 0 Å². The van der Waals surface area contributed by atoms with Crippen molar-refractivity contribution in [2.45, 2.75) is 6.54 Å². The number of aryl methyl sites for hydroxylation is 1. The summed E-state index contributed by atoms with van der Waals surface area (Å²) in [6.07, 6.45) is 5.29. The molecule has 0 aromatic carbocycles. The quantitative estimate of drug-likeness (QED) is 0.852. The number of nitrogens with two attached hydrogens (primary N) is 1. The van der Waals surface area contributed by atoms with Crippen molar-refractivity contribution in [3.05, 3.63) is 35.2 Å². The lowest BCUT2D eigenvalue weighted by Gasteiger charge is -2.06. The van der Waals surface area contributed by atoms with Crippen LogP contribution in [0, 0.1) is 0 Å². The number of hydrogen-bond acceptors (Lipinski definition) is 4. The van der Waals surface area contributed by atoms with Crippen LogP contribution in [0.5, 0.6) is 0 Å². The molecule has 0 spiro atoms. The SMILES string of the molecule is Cn1cc(CNc2ncc(N)cc2Cl)cn1. The summed E-state index contributed by atoms with van der Waals surface area (Å²) in [6.45, 7) is 0.629. The summed E-state index contributed by atoms with van der Waals surface area (Å²) in [5.41, 5.74) is 7.17. The maximum absolute atomic E-state index is 5.98. The van der Waals surface area contributed by atoms with Gasteiger partial charge in [0.2, 0.25) is 0 Å². The smallest absolute Gasteiger partial charge is 0.145 e. The van der Waals surface area contributed by atoms with Crippen molar-refractivity contribution in [2.24, 2.45) is 7.05 Å². The molecule has 0 bridgehead atoms. The van der Waals surface area contributed by atoms with E-state index in [1.165, 1.54) is 0 Å². The molecule has 2 heterocycles. The molecule has 0 aliphatic carbocycles. The minimum absolute atomic E-state index is 0.517. The number of anilines is 2. The van der Waals surface area contributed by atoms with Gasteiger partial charge in [-0.05, 0) is 6.07 Å². The van der Waals surface area contributed by atoms with Crippen LogP contribution in [0.15, 0.2) is 24.7 Å². The summed E-state index contributed by atoms with van der Waals surface area (Å²) in [5.74, 6) is 0.625. The van der Waals surface area contributed by atoms with E-state index < -0.39 is 0 Å². The Morgan fingerprint density at radius 1 is 1.50 bits per heavy atom. The maximum atomic E-state index is 5.98. The second-order valence-electron chi connectivity index (χ2n) is 3.47. The predicted octanol–water partition coefficient (Wildman–Crippen LogP) is 1.66. The normalized spacial score (nSPS) is 10.4. The summed E-state index contributed by atoms with van der Waals surface area (Å²) in [5, 5.41) is 7.70.